The van der Waals surface area contributed by atoms with Crippen LogP contribution >= 0.6 is 0 Å². The van der Waals surface area contributed by atoms with E-state index in [4.69, 9.17) is 4.74 Å². The van der Waals surface area contributed by atoms with Gasteiger partial charge in [-0.15, -0.1) is 0 Å². The second kappa shape index (κ2) is 8.56. The number of sulfonamides is 1. The van der Waals surface area contributed by atoms with Crippen molar-refractivity contribution in [3.63, 3.8) is 0 Å². The Morgan fingerprint density at radius 1 is 1.13 bits per heavy atom. The molecule has 2 N–H and O–H groups in total. The lowest BCUT2D eigenvalue weighted by molar-refractivity contribution is 0.439. The van der Waals surface area contributed by atoms with E-state index < -0.39 is 27.2 Å². The Kier molecular flexibility index (Phi) is 6.07. The Balaban J connectivity index is 2.26. The number of aryl methyl sites for hydroxylation is 1. The molecule has 0 aliphatic carbocycles. The van der Waals surface area contributed by atoms with E-state index in [1.54, 1.807) is 0 Å². The average molecular weight is 448 g/mol. The molecule has 0 radical (unpaired) electrons. The molecule has 0 unspecified atom stereocenters. The van der Waals surface area contributed by atoms with Gasteiger partial charge in [0.2, 0.25) is 0 Å². The van der Waals surface area contributed by atoms with Crippen LogP contribution in [0.25, 0.3) is 11.3 Å². The van der Waals surface area contributed by atoms with Gasteiger partial charge in [0, 0.05) is 25.6 Å². The molecule has 0 fully saturated rings. The second-order valence-electron chi connectivity index (χ2n) is 6.29. The van der Waals surface area contributed by atoms with Crippen molar-refractivity contribution >= 4 is 21.4 Å². The van der Waals surface area contributed by atoms with E-state index in [9.17, 15) is 22.0 Å². The highest BCUT2D eigenvalue weighted by atomic mass is 32.2. The summed E-state index contributed by atoms with van der Waals surface area (Å²) in [6.45, 7) is 3.26. The third kappa shape index (κ3) is 4.72. The number of benzene rings is 2. The second-order valence-corrected chi connectivity index (χ2v) is 7.92. The van der Waals surface area contributed by atoms with Crippen molar-refractivity contribution in [2.24, 2.45) is 7.05 Å². The van der Waals surface area contributed by atoms with E-state index in [1.807, 2.05) is 0 Å². The summed E-state index contributed by atoms with van der Waals surface area (Å²) >= 11 is 0. The zero-order valence-electron chi connectivity index (χ0n) is 16.5. The molecule has 1 aromatic heterocycles. The summed E-state index contributed by atoms with van der Waals surface area (Å²) < 4.78 is 60.6. The lowest BCUT2D eigenvalue weighted by Gasteiger charge is -2.17. The molecule has 31 heavy (non-hydrogen) atoms. The first kappa shape index (κ1) is 22.0. The fourth-order valence-corrected chi connectivity index (χ4v) is 3.31. The van der Waals surface area contributed by atoms with Crippen LogP contribution in [0.2, 0.25) is 0 Å². The van der Waals surface area contributed by atoms with Gasteiger partial charge in [-0.3, -0.25) is 9.52 Å². The van der Waals surface area contributed by atoms with E-state index in [-0.39, 0.29) is 34.1 Å². The van der Waals surface area contributed by atoms with Crippen LogP contribution in [0.3, 0.4) is 0 Å². The predicted molar refractivity (Wildman–Crippen MR) is 114 cm³/mol. The monoisotopic (exact) mass is 448 g/mol. The van der Waals surface area contributed by atoms with E-state index in [2.05, 4.69) is 21.7 Å². The predicted octanol–water partition coefficient (Wildman–Crippen LogP) is 3.44. The lowest BCUT2D eigenvalue weighted by atomic mass is 10.1. The average Bonchev–Trinajstić information content (AvgIpc) is 2.72. The Morgan fingerprint density at radius 3 is 2.52 bits per heavy atom. The van der Waals surface area contributed by atoms with Gasteiger partial charge in [0.25, 0.3) is 15.6 Å². The molecule has 0 aliphatic heterocycles. The van der Waals surface area contributed by atoms with Crippen molar-refractivity contribution in [1.29, 1.82) is 0 Å². The van der Waals surface area contributed by atoms with Crippen molar-refractivity contribution < 1.29 is 21.9 Å². The maximum Gasteiger partial charge on any atom is 0.289 e. The van der Waals surface area contributed by atoms with Gasteiger partial charge >= 0.3 is 0 Å². The number of aromatic nitrogens is 2. The first-order valence-corrected chi connectivity index (χ1v) is 10.4. The summed E-state index contributed by atoms with van der Waals surface area (Å²) in [4.78, 5) is 12.2. The first-order valence-electron chi connectivity index (χ1n) is 8.83. The number of nitrogens with zero attached hydrogens (tertiary/aromatic N) is 2. The minimum absolute atomic E-state index is 0.0166. The van der Waals surface area contributed by atoms with Crippen molar-refractivity contribution in [2.75, 3.05) is 17.1 Å². The molecule has 0 amide bonds. The van der Waals surface area contributed by atoms with Crippen LogP contribution in [0.15, 0.2) is 59.2 Å². The quantitative estimate of drug-likeness (QED) is 0.574. The minimum atomic E-state index is -3.92. The molecule has 0 aliphatic rings. The molecule has 3 aromatic rings. The Morgan fingerprint density at radius 2 is 1.87 bits per heavy atom. The SMILES string of the molecule is C=CS(=O)(=O)Nc1cccc(Oc2ccc(F)cc2F)c1-c1cc(NC)c(=O)n(C)n1. The number of rotatable bonds is 7. The molecular weight excluding hydrogens is 430 g/mol. The number of ether oxygens (including phenoxy) is 1. The van der Waals surface area contributed by atoms with Gasteiger partial charge in [0.1, 0.15) is 17.3 Å². The van der Waals surface area contributed by atoms with Gasteiger partial charge in [0.05, 0.1) is 16.9 Å². The van der Waals surface area contributed by atoms with Gasteiger partial charge < -0.3 is 10.1 Å². The summed E-state index contributed by atoms with van der Waals surface area (Å²) in [5.41, 5.74) is 0.110. The molecule has 8 nitrogen and oxygen atoms in total. The molecule has 0 saturated carbocycles. The molecule has 2 aromatic carbocycles. The van der Waals surface area contributed by atoms with E-state index >= 15 is 0 Å². The van der Waals surface area contributed by atoms with Gasteiger partial charge in [-0.2, -0.15) is 5.10 Å². The van der Waals surface area contributed by atoms with Gasteiger partial charge in [0.15, 0.2) is 11.6 Å². The largest absolute Gasteiger partial charge is 0.453 e. The van der Waals surface area contributed by atoms with Crippen molar-refractivity contribution in [1.82, 2.24) is 9.78 Å². The van der Waals surface area contributed by atoms with Crippen molar-refractivity contribution in [3.8, 4) is 22.8 Å². The molecular formula is C20H18F2N4O4S. The molecule has 3 rings (SSSR count). The maximum absolute atomic E-state index is 14.2. The van der Waals surface area contributed by atoms with Crippen molar-refractivity contribution in [3.05, 3.63) is 76.4 Å². The molecule has 0 spiro atoms. The molecule has 11 heteroatoms. The van der Waals surface area contributed by atoms with Crippen LogP contribution in [-0.2, 0) is 17.1 Å². The van der Waals surface area contributed by atoms with Crippen molar-refractivity contribution in [2.45, 2.75) is 0 Å². The summed E-state index contributed by atoms with van der Waals surface area (Å²) in [6.07, 6.45) is 0. The van der Waals surface area contributed by atoms with Gasteiger partial charge in [-0.25, -0.2) is 21.9 Å². The summed E-state index contributed by atoms with van der Waals surface area (Å²) in [6, 6.07) is 8.54. The van der Waals surface area contributed by atoms with Crippen LogP contribution in [0.4, 0.5) is 20.2 Å². The third-order valence-corrected chi connectivity index (χ3v) is 5.14. The van der Waals surface area contributed by atoms with Crippen LogP contribution in [0.5, 0.6) is 11.5 Å². The van der Waals surface area contributed by atoms with Gasteiger partial charge in [-0.1, -0.05) is 12.6 Å². The normalized spacial score (nSPS) is 11.1. The first-order chi connectivity index (χ1) is 14.6. The molecule has 0 atom stereocenters. The molecule has 1 heterocycles. The smallest absolute Gasteiger partial charge is 0.289 e. The van der Waals surface area contributed by atoms with Crippen LogP contribution in [0.1, 0.15) is 0 Å². The lowest BCUT2D eigenvalue weighted by Crippen LogP contribution is -2.23. The number of nitrogens with one attached hydrogen (secondary N) is 2. The number of hydrogen-bond donors (Lipinski definition) is 2. The van der Waals surface area contributed by atoms with Gasteiger partial charge in [-0.05, 0) is 30.3 Å². The zero-order chi connectivity index (χ0) is 22.8. The highest BCUT2D eigenvalue weighted by Crippen LogP contribution is 2.39. The fraction of sp³-hybridized carbons (Fsp3) is 0.100. The highest BCUT2D eigenvalue weighted by molar-refractivity contribution is 7.95. The Hall–Kier alpha value is -3.73. The molecule has 0 saturated heterocycles. The Labute approximate surface area is 176 Å². The summed E-state index contributed by atoms with van der Waals surface area (Å²) in [7, 11) is -0.958. The van der Waals surface area contributed by atoms with E-state index in [0.29, 0.717) is 6.07 Å². The van der Waals surface area contributed by atoms with Crippen LogP contribution < -0.4 is 20.3 Å². The third-order valence-electron chi connectivity index (χ3n) is 4.20. The standard InChI is InChI=1S/C20H18F2N4O4S/c1-4-31(28,29)25-14-6-5-7-18(30-17-9-8-12(21)10-13(17)22)19(14)15-11-16(23-2)20(27)26(3)24-15/h4-11,23,25H,1H2,2-3H3. The topological polar surface area (TPSA) is 102 Å². The van der Waals surface area contributed by atoms with E-state index in [1.165, 1.54) is 38.4 Å². The number of hydrogen-bond acceptors (Lipinski definition) is 6. The van der Waals surface area contributed by atoms with Crippen LogP contribution in [0, 0.1) is 11.6 Å². The fourth-order valence-electron chi connectivity index (χ4n) is 2.75. The maximum atomic E-state index is 14.2. The zero-order valence-corrected chi connectivity index (χ0v) is 17.3. The minimum Gasteiger partial charge on any atom is -0.453 e. The summed E-state index contributed by atoms with van der Waals surface area (Å²) in [5, 5.41) is 7.64. The van der Waals surface area contributed by atoms with E-state index in [0.717, 1.165) is 22.2 Å². The summed E-state index contributed by atoms with van der Waals surface area (Å²) in [5.74, 6) is -2.00. The highest BCUT2D eigenvalue weighted by Gasteiger charge is 2.20. The number of halogens is 2. The number of anilines is 2. The Bertz CT molecular complexity index is 1320. The molecule has 162 valence electrons. The molecule has 0 bridgehead atoms. The van der Waals surface area contributed by atoms with Crippen LogP contribution in [-0.4, -0.2) is 25.2 Å².